The molecule has 3 aliphatic heterocycles. The first kappa shape index (κ1) is 19.7. The molecular formula is C22H33N3O3. The Morgan fingerprint density at radius 2 is 2.11 bits per heavy atom. The number of carbonyl (C=O) groups is 1. The maximum atomic E-state index is 12.5. The molecular weight excluding hydrogens is 354 g/mol. The summed E-state index contributed by atoms with van der Waals surface area (Å²) in [6.07, 6.45) is 4.45. The monoisotopic (exact) mass is 387 g/mol. The summed E-state index contributed by atoms with van der Waals surface area (Å²) in [4.78, 5) is 17.4. The fraction of sp³-hybridized carbons (Fsp3) is 0.682. The minimum absolute atomic E-state index is 0.0768. The molecule has 0 aliphatic carbocycles. The Hall–Kier alpha value is -1.63. The summed E-state index contributed by atoms with van der Waals surface area (Å²) in [5.74, 6) is 1.49. The number of nitrogens with one attached hydrogen (secondary N) is 1. The van der Waals surface area contributed by atoms with Gasteiger partial charge in [0.15, 0.2) is 0 Å². The van der Waals surface area contributed by atoms with Gasteiger partial charge in [-0.25, -0.2) is 0 Å². The lowest BCUT2D eigenvalue weighted by atomic mass is 9.91. The number of carbonyl (C=O) groups excluding carboxylic acids is 1. The van der Waals surface area contributed by atoms with Gasteiger partial charge in [0, 0.05) is 26.2 Å². The van der Waals surface area contributed by atoms with Crippen molar-refractivity contribution in [3.05, 3.63) is 29.8 Å². The van der Waals surface area contributed by atoms with Crippen LogP contribution in [0.2, 0.25) is 0 Å². The highest BCUT2D eigenvalue weighted by molar-refractivity contribution is 5.81. The molecule has 0 unspecified atom stereocenters. The number of likely N-dealkylation sites (tertiary alicyclic amines) is 2. The lowest BCUT2D eigenvalue weighted by Gasteiger charge is -2.34. The second-order valence-electron chi connectivity index (χ2n) is 8.37. The first-order chi connectivity index (χ1) is 13.7. The minimum atomic E-state index is -0.273. The summed E-state index contributed by atoms with van der Waals surface area (Å²) in [7, 11) is 1.70. The number of benzene rings is 1. The van der Waals surface area contributed by atoms with Crippen molar-refractivity contribution >= 4 is 5.91 Å². The zero-order valence-electron chi connectivity index (χ0n) is 16.9. The molecule has 1 amide bonds. The normalized spacial score (nSPS) is 28.2. The van der Waals surface area contributed by atoms with E-state index in [0.717, 1.165) is 51.3 Å². The molecule has 3 aliphatic rings. The third-order valence-electron chi connectivity index (χ3n) is 6.39. The van der Waals surface area contributed by atoms with E-state index < -0.39 is 0 Å². The summed E-state index contributed by atoms with van der Waals surface area (Å²) in [5.41, 5.74) is 1.26. The highest BCUT2D eigenvalue weighted by Crippen LogP contribution is 2.34. The molecule has 3 saturated heterocycles. The van der Waals surface area contributed by atoms with E-state index in [1.807, 2.05) is 12.1 Å². The third kappa shape index (κ3) is 4.85. The van der Waals surface area contributed by atoms with Crippen LogP contribution in [0.1, 0.15) is 31.2 Å². The van der Waals surface area contributed by atoms with Crippen LogP contribution in [0.3, 0.4) is 0 Å². The zero-order valence-corrected chi connectivity index (χ0v) is 16.9. The molecule has 0 spiro atoms. The Kier molecular flexibility index (Phi) is 6.50. The van der Waals surface area contributed by atoms with Crippen LogP contribution in [0.5, 0.6) is 5.75 Å². The molecule has 0 aromatic heterocycles. The van der Waals surface area contributed by atoms with Crippen LogP contribution in [0.4, 0.5) is 0 Å². The molecule has 154 valence electrons. The maximum Gasteiger partial charge on any atom is 0.249 e. The number of hydrogen-bond acceptors (Lipinski definition) is 5. The number of methoxy groups -OCH3 is 1. The molecule has 28 heavy (non-hydrogen) atoms. The van der Waals surface area contributed by atoms with E-state index in [2.05, 4.69) is 27.2 Å². The first-order valence-electron chi connectivity index (χ1n) is 10.7. The average Bonchev–Trinajstić information content (AvgIpc) is 3.37. The van der Waals surface area contributed by atoms with Gasteiger partial charge < -0.3 is 19.7 Å². The molecule has 6 nitrogen and oxygen atoms in total. The zero-order chi connectivity index (χ0) is 19.3. The molecule has 1 aromatic carbocycles. The third-order valence-corrected chi connectivity index (χ3v) is 6.39. The number of piperidine rings is 1. The van der Waals surface area contributed by atoms with Crippen molar-refractivity contribution in [2.45, 2.75) is 44.4 Å². The highest BCUT2D eigenvalue weighted by atomic mass is 16.5. The Balaban J connectivity index is 1.23. The SMILES string of the molecule is COc1cccc(CN2CC[C@H]3C[C@H](C(=O)NCCN4CCCC4)O[C@H]3C2)c1. The predicted molar refractivity (Wildman–Crippen MR) is 108 cm³/mol. The molecule has 4 rings (SSSR count). The van der Waals surface area contributed by atoms with Crippen LogP contribution in [0.15, 0.2) is 24.3 Å². The van der Waals surface area contributed by atoms with Gasteiger partial charge in [-0.3, -0.25) is 9.69 Å². The van der Waals surface area contributed by atoms with Crippen LogP contribution in [-0.2, 0) is 16.1 Å². The summed E-state index contributed by atoms with van der Waals surface area (Å²) in [5, 5.41) is 3.09. The van der Waals surface area contributed by atoms with Crippen LogP contribution < -0.4 is 10.1 Å². The van der Waals surface area contributed by atoms with Gasteiger partial charge in [-0.15, -0.1) is 0 Å². The van der Waals surface area contributed by atoms with E-state index in [1.165, 1.54) is 31.5 Å². The van der Waals surface area contributed by atoms with E-state index in [9.17, 15) is 4.79 Å². The van der Waals surface area contributed by atoms with Crippen molar-refractivity contribution in [1.82, 2.24) is 15.1 Å². The largest absolute Gasteiger partial charge is 0.497 e. The quantitative estimate of drug-likeness (QED) is 0.774. The second kappa shape index (κ2) is 9.25. The van der Waals surface area contributed by atoms with Gasteiger partial charge in [-0.05, 0) is 68.9 Å². The van der Waals surface area contributed by atoms with Gasteiger partial charge in [-0.2, -0.15) is 0 Å². The number of fused-ring (bicyclic) bond motifs is 1. The number of amides is 1. The maximum absolute atomic E-state index is 12.5. The van der Waals surface area contributed by atoms with Crippen LogP contribution >= 0.6 is 0 Å². The Labute approximate surface area is 168 Å². The molecule has 1 aromatic rings. The molecule has 0 radical (unpaired) electrons. The number of hydrogen-bond donors (Lipinski definition) is 1. The van der Waals surface area contributed by atoms with Crippen LogP contribution in [-0.4, -0.2) is 74.3 Å². The standard InChI is InChI=1S/C22H33N3O3/c1-27-19-6-4-5-17(13-19)15-25-11-7-18-14-20(28-21(18)16-25)22(26)23-8-12-24-9-2-3-10-24/h4-6,13,18,20-21H,2-3,7-12,14-16H2,1H3,(H,23,26)/t18-,20+,21-/m0/s1. The van der Waals surface area contributed by atoms with Crippen LogP contribution in [0.25, 0.3) is 0 Å². The molecule has 6 heteroatoms. The molecule has 3 fully saturated rings. The fourth-order valence-electron chi connectivity index (χ4n) is 4.79. The lowest BCUT2D eigenvalue weighted by Crippen LogP contribution is -2.42. The number of ether oxygens (including phenoxy) is 2. The number of rotatable bonds is 7. The lowest BCUT2D eigenvalue weighted by molar-refractivity contribution is -0.132. The smallest absolute Gasteiger partial charge is 0.249 e. The van der Waals surface area contributed by atoms with Gasteiger partial charge in [0.2, 0.25) is 5.91 Å². The summed E-state index contributed by atoms with van der Waals surface area (Å²) < 4.78 is 11.5. The van der Waals surface area contributed by atoms with Gasteiger partial charge in [0.05, 0.1) is 13.2 Å². The summed E-state index contributed by atoms with van der Waals surface area (Å²) in [6.45, 7) is 6.89. The summed E-state index contributed by atoms with van der Waals surface area (Å²) in [6, 6.07) is 8.25. The van der Waals surface area contributed by atoms with Crippen molar-refractivity contribution in [3.8, 4) is 5.75 Å². The van der Waals surface area contributed by atoms with E-state index in [-0.39, 0.29) is 18.1 Å². The molecule has 1 N–H and O–H groups in total. The van der Waals surface area contributed by atoms with Crippen molar-refractivity contribution in [2.75, 3.05) is 46.4 Å². The highest BCUT2D eigenvalue weighted by Gasteiger charge is 2.41. The molecule has 0 bridgehead atoms. The molecule has 3 atom stereocenters. The van der Waals surface area contributed by atoms with Crippen molar-refractivity contribution in [3.63, 3.8) is 0 Å². The Morgan fingerprint density at radius 3 is 2.93 bits per heavy atom. The second-order valence-corrected chi connectivity index (χ2v) is 8.37. The first-order valence-corrected chi connectivity index (χ1v) is 10.7. The van der Waals surface area contributed by atoms with Gasteiger partial charge >= 0.3 is 0 Å². The van der Waals surface area contributed by atoms with Gasteiger partial charge in [-0.1, -0.05) is 12.1 Å². The number of nitrogens with zero attached hydrogens (tertiary/aromatic N) is 2. The van der Waals surface area contributed by atoms with Crippen LogP contribution in [0, 0.1) is 5.92 Å². The average molecular weight is 388 g/mol. The predicted octanol–water partition coefficient (Wildman–Crippen LogP) is 1.89. The van der Waals surface area contributed by atoms with Crippen molar-refractivity contribution in [1.29, 1.82) is 0 Å². The van der Waals surface area contributed by atoms with E-state index in [4.69, 9.17) is 9.47 Å². The van der Waals surface area contributed by atoms with E-state index in [0.29, 0.717) is 5.92 Å². The van der Waals surface area contributed by atoms with Gasteiger partial charge in [0.1, 0.15) is 11.9 Å². The molecule has 0 saturated carbocycles. The molecule has 3 heterocycles. The topological polar surface area (TPSA) is 54.0 Å². The summed E-state index contributed by atoms with van der Waals surface area (Å²) >= 11 is 0. The van der Waals surface area contributed by atoms with E-state index in [1.54, 1.807) is 7.11 Å². The van der Waals surface area contributed by atoms with Crippen molar-refractivity contribution < 1.29 is 14.3 Å². The van der Waals surface area contributed by atoms with Gasteiger partial charge in [0.25, 0.3) is 0 Å². The van der Waals surface area contributed by atoms with Crippen molar-refractivity contribution in [2.24, 2.45) is 5.92 Å². The fourth-order valence-corrected chi connectivity index (χ4v) is 4.79. The minimum Gasteiger partial charge on any atom is -0.497 e. The Morgan fingerprint density at radius 1 is 1.25 bits per heavy atom. The Bertz CT molecular complexity index is 662. The van der Waals surface area contributed by atoms with E-state index >= 15 is 0 Å².